The van der Waals surface area contributed by atoms with Gasteiger partial charge in [-0.05, 0) is 95.6 Å². The number of aromatic nitrogens is 1. The summed E-state index contributed by atoms with van der Waals surface area (Å²) in [4.78, 5) is 17.2. The number of benzene rings is 3. The van der Waals surface area contributed by atoms with Gasteiger partial charge in [0, 0.05) is 16.8 Å². The Balaban J connectivity index is 1.51. The first-order chi connectivity index (χ1) is 15.3. The number of aryl methyl sites for hydroxylation is 2. The fourth-order valence-electron chi connectivity index (χ4n) is 3.19. The number of anilines is 1. The lowest BCUT2D eigenvalue weighted by molar-refractivity contribution is 0.0977. The van der Waals surface area contributed by atoms with Gasteiger partial charge in [0.25, 0.3) is 5.91 Å². The Kier molecular flexibility index (Phi) is 6.25. The number of halogens is 1. The van der Waals surface area contributed by atoms with Crippen molar-refractivity contribution in [2.75, 3.05) is 12.4 Å². The molecule has 0 fully saturated rings. The normalized spacial score (nSPS) is 10.8. The van der Waals surface area contributed by atoms with E-state index in [1.807, 2.05) is 50.2 Å². The Hall–Kier alpha value is -3.23. The molecule has 0 saturated heterocycles. The third kappa shape index (κ3) is 4.66. The highest BCUT2D eigenvalue weighted by Gasteiger charge is 2.13. The third-order valence-corrected chi connectivity index (χ3v) is 5.74. The molecule has 0 radical (unpaired) electrons. The molecular weight excluding hydrogens is 490 g/mol. The summed E-state index contributed by atoms with van der Waals surface area (Å²) in [5, 5.41) is 5.99. The fourth-order valence-corrected chi connectivity index (χ4v) is 3.93. The number of hydrogen-bond donors (Lipinski definition) is 2. The monoisotopic (exact) mass is 509 g/mol. The number of ether oxygens (including phenoxy) is 1. The number of fused-ring (bicyclic) bond motifs is 1. The van der Waals surface area contributed by atoms with Crippen LogP contribution in [0.1, 0.15) is 21.5 Å². The van der Waals surface area contributed by atoms with Gasteiger partial charge in [-0.15, -0.1) is 0 Å². The summed E-state index contributed by atoms with van der Waals surface area (Å²) in [6.07, 6.45) is 0. The van der Waals surface area contributed by atoms with Gasteiger partial charge in [-0.1, -0.05) is 12.1 Å². The number of oxazole rings is 1. The minimum atomic E-state index is -0.325. The molecule has 0 atom stereocenters. The Morgan fingerprint density at radius 3 is 2.66 bits per heavy atom. The quantitative estimate of drug-likeness (QED) is 0.328. The van der Waals surface area contributed by atoms with Crippen LogP contribution >= 0.6 is 28.1 Å². The highest BCUT2D eigenvalue weighted by Crippen LogP contribution is 2.29. The maximum atomic E-state index is 12.6. The maximum Gasteiger partial charge on any atom is 0.257 e. The van der Waals surface area contributed by atoms with E-state index in [0.29, 0.717) is 21.7 Å². The topological polar surface area (TPSA) is 76.4 Å². The number of rotatable bonds is 4. The first kappa shape index (κ1) is 22.0. The molecule has 1 amide bonds. The number of nitrogens with zero attached hydrogens (tertiary/aromatic N) is 1. The van der Waals surface area contributed by atoms with Crippen molar-refractivity contribution in [1.82, 2.24) is 10.3 Å². The zero-order valence-corrected chi connectivity index (χ0v) is 20.1. The van der Waals surface area contributed by atoms with Crippen LogP contribution in [0.3, 0.4) is 0 Å². The van der Waals surface area contributed by atoms with Crippen LogP contribution in [0.15, 0.2) is 63.5 Å². The van der Waals surface area contributed by atoms with E-state index in [-0.39, 0.29) is 11.0 Å². The zero-order valence-electron chi connectivity index (χ0n) is 17.7. The van der Waals surface area contributed by atoms with Gasteiger partial charge < -0.3 is 14.5 Å². The predicted octanol–water partition coefficient (Wildman–Crippen LogP) is 6.01. The van der Waals surface area contributed by atoms with Gasteiger partial charge in [0.2, 0.25) is 5.89 Å². The summed E-state index contributed by atoms with van der Waals surface area (Å²) >= 11 is 8.75. The smallest absolute Gasteiger partial charge is 0.257 e. The van der Waals surface area contributed by atoms with Crippen molar-refractivity contribution in [1.29, 1.82) is 0 Å². The fraction of sp³-hybridized carbons (Fsp3) is 0.125. The number of thiocarbonyl (C=S) groups is 1. The summed E-state index contributed by atoms with van der Waals surface area (Å²) in [5.41, 5.74) is 5.63. The van der Waals surface area contributed by atoms with Crippen molar-refractivity contribution in [2.45, 2.75) is 13.8 Å². The molecule has 0 saturated carbocycles. The van der Waals surface area contributed by atoms with Crippen LogP contribution in [0, 0.1) is 13.8 Å². The molecule has 0 unspecified atom stereocenters. The molecule has 4 rings (SSSR count). The average molecular weight is 510 g/mol. The van der Waals surface area contributed by atoms with Crippen molar-refractivity contribution in [3.63, 3.8) is 0 Å². The lowest BCUT2D eigenvalue weighted by Crippen LogP contribution is -2.34. The lowest BCUT2D eigenvalue weighted by atomic mass is 10.1. The largest absolute Gasteiger partial charge is 0.496 e. The van der Waals surface area contributed by atoms with Crippen molar-refractivity contribution >= 4 is 56.0 Å². The second-order valence-corrected chi connectivity index (χ2v) is 8.54. The van der Waals surface area contributed by atoms with E-state index in [2.05, 4.69) is 31.5 Å². The van der Waals surface area contributed by atoms with Crippen molar-refractivity contribution in [3.05, 3.63) is 75.8 Å². The van der Waals surface area contributed by atoms with Gasteiger partial charge in [-0.25, -0.2) is 4.98 Å². The van der Waals surface area contributed by atoms with Crippen LogP contribution in [0.25, 0.3) is 22.6 Å². The van der Waals surface area contributed by atoms with Gasteiger partial charge in [-0.3, -0.25) is 10.1 Å². The maximum absolute atomic E-state index is 12.6. The minimum Gasteiger partial charge on any atom is -0.496 e. The van der Waals surface area contributed by atoms with E-state index in [1.54, 1.807) is 25.3 Å². The van der Waals surface area contributed by atoms with Gasteiger partial charge in [0.05, 0.1) is 11.6 Å². The molecule has 32 heavy (non-hydrogen) atoms. The summed E-state index contributed by atoms with van der Waals surface area (Å²) in [6.45, 7) is 3.97. The highest BCUT2D eigenvalue weighted by atomic mass is 79.9. The molecule has 8 heteroatoms. The van der Waals surface area contributed by atoms with Gasteiger partial charge in [0.1, 0.15) is 11.3 Å². The van der Waals surface area contributed by atoms with Crippen LogP contribution in [-0.2, 0) is 0 Å². The summed E-state index contributed by atoms with van der Waals surface area (Å²) in [5.74, 6) is 0.838. The number of carbonyl (C=O) groups is 1. The summed E-state index contributed by atoms with van der Waals surface area (Å²) in [7, 11) is 1.57. The second-order valence-electron chi connectivity index (χ2n) is 7.28. The number of carbonyl (C=O) groups excluding carboxylic acids is 1. The van der Waals surface area contributed by atoms with Crippen LogP contribution in [0.5, 0.6) is 5.75 Å². The molecule has 0 bridgehead atoms. The summed E-state index contributed by atoms with van der Waals surface area (Å²) in [6, 6.07) is 16.7. The number of hydrogen-bond acceptors (Lipinski definition) is 5. The van der Waals surface area contributed by atoms with Gasteiger partial charge in [0.15, 0.2) is 10.7 Å². The first-order valence-corrected chi connectivity index (χ1v) is 11.0. The Morgan fingerprint density at radius 2 is 1.91 bits per heavy atom. The van der Waals surface area contributed by atoms with Crippen LogP contribution in [-0.4, -0.2) is 23.1 Å². The highest BCUT2D eigenvalue weighted by molar-refractivity contribution is 9.10. The molecule has 0 aliphatic heterocycles. The molecule has 1 aromatic heterocycles. The van der Waals surface area contributed by atoms with Crippen molar-refractivity contribution in [2.24, 2.45) is 0 Å². The Morgan fingerprint density at radius 1 is 1.09 bits per heavy atom. The molecule has 0 spiro atoms. The SMILES string of the molecule is COc1ccc(C(=O)NC(=S)Nc2cc(-c3nc4cc(C)ccc4o3)ccc2C)cc1Br. The predicted molar refractivity (Wildman–Crippen MR) is 133 cm³/mol. The minimum absolute atomic E-state index is 0.190. The van der Waals surface area contributed by atoms with E-state index in [9.17, 15) is 4.79 Å². The first-order valence-electron chi connectivity index (χ1n) is 9.78. The van der Waals surface area contributed by atoms with Crippen LogP contribution < -0.4 is 15.4 Å². The molecule has 162 valence electrons. The molecule has 1 heterocycles. The van der Waals surface area contributed by atoms with E-state index < -0.39 is 0 Å². The second kappa shape index (κ2) is 9.10. The molecule has 6 nitrogen and oxygen atoms in total. The van der Waals surface area contributed by atoms with E-state index in [0.717, 1.165) is 33.5 Å². The average Bonchev–Trinajstić information content (AvgIpc) is 3.18. The molecule has 3 aromatic carbocycles. The molecular formula is C24H20BrN3O3S. The molecule has 2 N–H and O–H groups in total. The van der Waals surface area contributed by atoms with E-state index >= 15 is 0 Å². The Bertz CT molecular complexity index is 1350. The molecule has 0 aliphatic carbocycles. The van der Waals surface area contributed by atoms with Gasteiger partial charge >= 0.3 is 0 Å². The lowest BCUT2D eigenvalue weighted by Gasteiger charge is -2.13. The van der Waals surface area contributed by atoms with E-state index in [1.165, 1.54) is 0 Å². The van der Waals surface area contributed by atoms with Crippen molar-refractivity contribution in [3.8, 4) is 17.2 Å². The zero-order chi connectivity index (χ0) is 22.8. The standard InChI is InChI=1S/C24H20BrN3O3S/c1-13-4-8-21-19(10-13)26-23(31-21)16-6-5-14(2)18(12-16)27-24(32)28-22(29)15-7-9-20(30-3)17(25)11-15/h4-12H,1-3H3,(H2,27,28,29,32). The third-order valence-electron chi connectivity index (χ3n) is 4.92. The Labute approximate surface area is 199 Å². The summed E-state index contributed by atoms with van der Waals surface area (Å²) < 4.78 is 11.8. The van der Waals surface area contributed by atoms with Crippen molar-refractivity contribution < 1.29 is 13.9 Å². The van der Waals surface area contributed by atoms with Crippen LogP contribution in [0.4, 0.5) is 5.69 Å². The number of nitrogens with one attached hydrogen (secondary N) is 2. The number of methoxy groups -OCH3 is 1. The molecule has 4 aromatic rings. The van der Waals surface area contributed by atoms with E-state index in [4.69, 9.17) is 21.4 Å². The van der Waals surface area contributed by atoms with Crippen LogP contribution in [0.2, 0.25) is 0 Å². The van der Waals surface area contributed by atoms with Gasteiger partial charge in [-0.2, -0.15) is 0 Å². The molecule has 0 aliphatic rings. The number of amides is 1.